The Labute approximate surface area is 108 Å². The lowest BCUT2D eigenvalue weighted by Crippen LogP contribution is -2.07. The molecule has 0 saturated heterocycles. The van der Waals surface area contributed by atoms with E-state index in [1.807, 2.05) is 37.7 Å². The van der Waals surface area contributed by atoms with Gasteiger partial charge in [0, 0.05) is 10.6 Å². The highest BCUT2D eigenvalue weighted by atomic mass is 32.2. The third-order valence-corrected chi connectivity index (χ3v) is 3.97. The van der Waals surface area contributed by atoms with Gasteiger partial charge in [0.2, 0.25) is 0 Å². The average molecular weight is 248 g/mol. The average Bonchev–Trinajstić information content (AvgIpc) is 2.27. The third-order valence-electron chi connectivity index (χ3n) is 2.71. The molecule has 2 nitrogen and oxygen atoms in total. The smallest absolute Gasteiger partial charge is 0.0683 e. The van der Waals surface area contributed by atoms with Crippen molar-refractivity contribution in [3.05, 3.63) is 23.8 Å². The molecule has 0 aliphatic carbocycles. The maximum atomic E-state index is 8.91. The highest BCUT2D eigenvalue weighted by molar-refractivity contribution is 7.99. The standard InChI is InChI=1S/C14H20N2S/c1-11-9-12(16)5-6-13(11)17-8-4-7-14(2,3)10-15/h5-6,9H,4,7-8,16H2,1-3H3. The lowest BCUT2D eigenvalue weighted by molar-refractivity contribution is 0.448. The minimum atomic E-state index is -0.198. The zero-order valence-corrected chi connectivity index (χ0v) is 11.6. The van der Waals surface area contributed by atoms with Crippen LogP contribution in [0, 0.1) is 23.7 Å². The molecule has 0 unspecified atom stereocenters. The molecule has 2 N–H and O–H groups in total. The maximum Gasteiger partial charge on any atom is 0.0683 e. The van der Waals surface area contributed by atoms with Crippen molar-refractivity contribution in [3.8, 4) is 6.07 Å². The monoisotopic (exact) mass is 248 g/mol. The summed E-state index contributed by atoms with van der Waals surface area (Å²) in [6, 6.07) is 8.35. The number of benzene rings is 1. The van der Waals surface area contributed by atoms with Crippen LogP contribution in [0.1, 0.15) is 32.3 Å². The molecule has 0 aliphatic heterocycles. The van der Waals surface area contributed by atoms with E-state index in [-0.39, 0.29) is 5.41 Å². The van der Waals surface area contributed by atoms with Crippen molar-refractivity contribution in [3.63, 3.8) is 0 Å². The summed E-state index contributed by atoms with van der Waals surface area (Å²) in [5, 5.41) is 8.91. The van der Waals surface area contributed by atoms with Gasteiger partial charge < -0.3 is 5.73 Å². The summed E-state index contributed by atoms with van der Waals surface area (Å²) in [4.78, 5) is 1.29. The number of thioether (sulfide) groups is 1. The van der Waals surface area contributed by atoms with Gasteiger partial charge >= 0.3 is 0 Å². The van der Waals surface area contributed by atoms with Gasteiger partial charge in [0.1, 0.15) is 0 Å². The molecule has 0 amide bonds. The van der Waals surface area contributed by atoms with Crippen molar-refractivity contribution in [1.82, 2.24) is 0 Å². The summed E-state index contributed by atoms with van der Waals surface area (Å²) in [6.07, 6.45) is 2.01. The van der Waals surface area contributed by atoms with Crippen molar-refractivity contribution in [2.75, 3.05) is 11.5 Å². The normalized spacial score (nSPS) is 11.2. The van der Waals surface area contributed by atoms with Crippen molar-refractivity contribution in [2.45, 2.75) is 38.5 Å². The number of nitrogens with two attached hydrogens (primary N) is 1. The maximum absolute atomic E-state index is 8.91. The molecule has 0 radical (unpaired) electrons. The largest absolute Gasteiger partial charge is 0.399 e. The van der Waals surface area contributed by atoms with Crippen LogP contribution in [0.5, 0.6) is 0 Å². The van der Waals surface area contributed by atoms with E-state index in [0.717, 1.165) is 24.3 Å². The van der Waals surface area contributed by atoms with Crippen molar-refractivity contribution < 1.29 is 0 Å². The highest BCUT2D eigenvalue weighted by Crippen LogP contribution is 2.27. The molecule has 0 bridgehead atoms. The first kappa shape index (κ1) is 13.9. The van der Waals surface area contributed by atoms with Crippen LogP contribution in [0.2, 0.25) is 0 Å². The summed E-state index contributed by atoms with van der Waals surface area (Å²) >= 11 is 1.84. The summed E-state index contributed by atoms with van der Waals surface area (Å²) < 4.78 is 0. The number of anilines is 1. The summed E-state index contributed by atoms with van der Waals surface area (Å²) in [5.74, 6) is 1.05. The van der Waals surface area contributed by atoms with Crippen LogP contribution < -0.4 is 5.73 Å². The minimum absolute atomic E-state index is 0.198. The van der Waals surface area contributed by atoms with E-state index in [2.05, 4.69) is 19.1 Å². The first-order valence-corrected chi connectivity index (χ1v) is 6.83. The first-order chi connectivity index (χ1) is 7.94. The van der Waals surface area contributed by atoms with Gasteiger partial charge in [-0.1, -0.05) is 0 Å². The molecule has 92 valence electrons. The van der Waals surface area contributed by atoms with Gasteiger partial charge in [-0.3, -0.25) is 0 Å². The third kappa shape index (κ3) is 4.70. The van der Waals surface area contributed by atoms with Gasteiger partial charge in [-0.05, 0) is 63.1 Å². The summed E-state index contributed by atoms with van der Waals surface area (Å²) in [5.41, 5.74) is 7.56. The van der Waals surface area contributed by atoms with Crippen LogP contribution in [-0.4, -0.2) is 5.75 Å². The molecule has 0 aromatic heterocycles. The Morgan fingerprint density at radius 2 is 2.12 bits per heavy atom. The van der Waals surface area contributed by atoms with E-state index in [0.29, 0.717) is 0 Å². The summed E-state index contributed by atoms with van der Waals surface area (Å²) in [7, 11) is 0. The Morgan fingerprint density at radius 1 is 1.41 bits per heavy atom. The molecule has 0 aliphatic rings. The van der Waals surface area contributed by atoms with E-state index in [1.165, 1.54) is 10.5 Å². The zero-order valence-electron chi connectivity index (χ0n) is 10.8. The van der Waals surface area contributed by atoms with Crippen LogP contribution in [-0.2, 0) is 0 Å². The van der Waals surface area contributed by atoms with Gasteiger partial charge in [-0.25, -0.2) is 0 Å². The lowest BCUT2D eigenvalue weighted by Gasteiger charge is -2.14. The fourth-order valence-electron chi connectivity index (χ4n) is 1.59. The minimum Gasteiger partial charge on any atom is -0.399 e. The molecule has 17 heavy (non-hydrogen) atoms. The van der Waals surface area contributed by atoms with Gasteiger partial charge in [-0.15, -0.1) is 11.8 Å². The predicted molar refractivity (Wildman–Crippen MR) is 74.9 cm³/mol. The first-order valence-electron chi connectivity index (χ1n) is 5.85. The quantitative estimate of drug-likeness (QED) is 0.487. The number of hydrogen-bond acceptors (Lipinski definition) is 3. The van der Waals surface area contributed by atoms with E-state index >= 15 is 0 Å². The molecule has 1 aromatic carbocycles. The number of nitrogens with zero attached hydrogens (tertiary/aromatic N) is 1. The molecule has 0 fully saturated rings. The Hall–Kier alpha value is -1.14. The number of nitrogen functional groups attached to an aromatic ring is 1. The lowest BCUT2D eigenvalue weighted by atomic mass is 9.90. The molecule has 0 heterocycles. The molecular weight excluding hydrogens is 228 g/mol. The second-order valence-corrected chi connectivity index (χ2v) is 6.11. The fourth-order valence-corrected chi connectivity index (χ4v) is 2.55. The Bertz CT molecular complexity index is 419. The predicted octanol–water partition coefficient (Wildman–Crippen LogP) is 4.00. The van der Waals surface area contributed by atoms with Gasteiger partial charge in [0.25, 0.3) is 0 Å². The Balaban J connectivity index is 2.39. The molecule has 1 rings (SSSR count). The van der Waals surface area contributed by atoms with Gasteiger partial charge in [0.15, 0.2) is 0 Å². The van der Waals surface area contributed by atoms with E-state index < -0.39 is 0 Å². The van der Waals surface area contributed by atoms with Crippen molar-refractivity contribution in [2.24, 2.45) is 5.41 Å². The molecule has 0 atom stereocenters. The fraction of sp³-hybridized carbons (Fsp3) is 0.500. The molecular formula is C14H20N2S. The van der Waals surface area contributed by atoms with Gasteiger partial charge in [-0.2, -0.15) is 5.26 Å². The van der Waals surface area contributed by atoms with Crippen molar-refractivity contribution in [1.29, 1.82) is 5.26 Å². The summed E-state index contributed by atoms with van der Waals surface area (Å²) in [6.45, 7) is 6.07. The number of hydrogen-bond donors (Lipinski definition) is 1. The molecule has 1 aromatic rings. The Kier molecular flexibility index (Phi) is 4.89. The van der Waals surface area contributed by atoms with E-state index in [9.17, 15) is 0 Å². The molecule has 3 heteroatoms. The zero-order chi connectivity index (χ0) is 12.9. The molecule has 0 spiro atoms. The van der Waals surface area contributed by atoms with Crippen molar-refractivity contribution >= 4 is 17.4 Å². The second kappa shape index (κ2) is 5.97. The number of aryl methyl sites for hydroxylation is 1. The van der Waals surface area contributed by atoms with Crippen LogP contribution in [0.3, 0.4) is 0 Å². The number of rotatable bonds is 5. The SMILES string of the molecule is Cc1cc(N)ccc1SCCCC(C)(C)C#N. The van der Waals surface area contributed by atoms with Crippen LogP contribution in [0.4, 0.5) is 5.69 Å². The van der Waals surface area contributed by atoms with Crippen LogP contribution >= 0.6 is 11.8 Å². The van der Waals surface area contributed by atoms with E-state index in [4.69, 9.17) is 11.0 Å². The Morgan fingerprint density at radius 3 is 2.71 bits per heavy atom. The molecule has 0 saturated carbocycles. The topological polar surface area (TPSA) is 49.8 Å². The van der Waals surface area contributed by atoms with Crippen LogP contribution in [0.15, 0.2) is 23.1 Å². The number of nitriles is 1. The van der Waals surface area contributed by atoms with Crippen LogP contribution in [0.25, 0.3) is 0 Å². The van der Waals surface area contributed by atoms with Gasteiger partial charge in [0.05, 0.1) is 11.5 Å². The highest BCUT2D eigenvalue weighted by Gasteiger charge is 2.15. The van der Waals surface area contributed by atoms with E-state index in [1.54, 1.807) is 0 Å². The second-order valence-electron chi connectivity index (χ2n) is 4.97.